The predicted molar refractivity (Wildman–Crippen MR) is 80.3 cm³/mol. The topological polar surface area (TPSA) is 49.6 Å². The predicted octanol–water partition coefficient (Wildman–Crippen LogP) is 2.50. The van der Waals surface area contributed by atoms with Crippen molar-refractivity contribution in [2.24, 2.45) is 0 Å². The van der Waals surface area contributed by atoms with Crippen LogP contribution < -0.4 is 0 Å². The lowest BCUT2D eigenvalue weighted by Gasteiger charge is -2.43. The Labute approximate surface area is 126 Å². The van der Waals surface area contributed by atoms with Crippen LogP contribution in [-0.4, -0.2) is 52.6 Å². The summed E-state index contributed by atoms with van der Waals surface area (Å²) < 4.78 is 5.29. The van der Waals surface area contributed by atoms with E-state index in [1.807, 2.05) is 18.7 Å². The van der Waals surface area contributed by atoms with E-state index in [0.717, 1.165) is 25.3 Å². The first-order chi connectivity index (χ1) is 10.1. The number of amides is 1. The SMILES string of the molecule is CC[C@@H]1CN2CCC[C@H]2CN1C(=O)c1cc(C(C)C)on1. The molecule has 1 amide bonds. The van der Waals surface area contributed by atoms with E-state index in [0.29, 0.717) is 17.8 Å². The number of nitrogens with zero attached hydrogens (tertiary/aromatic N) is 3. The van der Waals surface area contributed by atoms with E-state index in [4.69, 9.17) is 4.52 Å². The van der Waals surface area contributed by atoms with Gasteiger partial charge in [0.25, 0.3) is 5.91 Å². The third-order valence-electron chi connectivity index (χ3n) is 4.84. The third kappa shape index (κ3) is 2.71. The quantitative estimate of drug-likeness (QED) is 0.858. The molecule has 0 radical (unpaired) electrons. The number of aromatic nitrogens is 1. The van der Waals surface area contributed by atoms with Gasteiger partial charge in [-0.1, -0.05) is 25.9 Å². The highest BCUT2D eigenvalue weighted by atomic mass is 16.5. The second-order valence-electron chi connectivity index (χ2n) is 6.58. The Hall–Kier alpha value is -1.36. The van der Waals surface area contributed by atoms with Crippen LogP contribution in [0.5, 0.6) is 0 Å². The molecule has 2 atom stereocenters. The molecule has 1 aromatic rings. The van der Waals surface area contributed by atoms with Gasteiger partial charge in [-0.3, -0.25) is 9.69 Å². The number of rotatable bonds is 3. The minimum atomic E-state index is 0.0315. The van der Waals surface area contributed by atoms with Gasteiger partial charge >= 0.3 is 0 Å². The largest absolute Gasteiger partial charge is 0.360 e. The Bertz CT molecular complexity index is 511. The van der Waals surface area contributed by atoms with Crippen molar-refractivity contribution in [1.29, 1.82) is 0 Å². The van der Waals surface area contributed by atoms with Crippen molar-refractivity contribution >= 4 is 5.91 Å². The molecule has 0 N–H and O–H groups in total. The summed E-state index contributed by atoms with van der Waals surface area (Å²) in [6.07, 6.45) is 3.45. The molecule has 116 valence electrons. The normalized spacial score (nSPS) is 26.4. The molecule has 0 spiro atoms. The van der Waals surface area contributed by atoms with Crippen LogP contribution in [0.1, 0.15) is 62.2 Å². The zero-order chi connectivity index (χ0) is 15.0. The van der Waals surface area contributed by atoms with Gasteiger partial charge in [0.1, 0.15) is 5.76 Å². The van der Waals surface area contributed by atoms with Crippen LogP contribution in [-0.2, 0) is 0 Å². The summed E-state index contributed by atoms with van der Waals surface area (Å²) in [5, 5.41) is 3.99. The minimum absolute atomic E-state index is 0.0315. The van der Waals surface area contributed by atoms with Gasteiger partial charge in [-0.05, 0) is 25.8 Å². The van der Waals surface area contributed by atoms with Crippen LogP contribution in [0.4, 0.5) is 0 Å². The van der Waals surface area contributed by atoms with E-state index < -0.39 is 0 Å². The Kier molecular flexibility index (Phi) is 4.02. The molecule has 2 aliphatic heterocycles. The maximum atomic E-state index is 12.8. The molecule has 5 heteroatoms. The van der Waals surface area contributed by atoms with Gasteiger partial charge in [0.2, 0.25) is 0 Å². The standard InChI is InChI=1S/C16H25N3O2/c1-4-12-9-18-7-5-6-13(18)10-19(12)16(20)14-8-15(11(2)3)21-17-14/h8,11-13H,4-7,9-10H2,1-3H3/t12-,13+/m1/s1. The molecule has 5 nitrogen and oxygen atoms in total. The van der Waals surface area contributed by atoms with E-state index in [9.17, 15) is 4.79 Å². The summed E-state index contributed by atoms with van der Waals surface area (Å²) in [7, 11) is 0. The molecule has 0 aliphatic carbocycles. The molecule has 2 saturated heterocycles. The maximum Gasteiger partial charge on any atom is 0.276 e. The molecular weight excluding hydrogens is 266 g/mol. The van der Waals surface area contributed by atoms with Gasteiger partial charge in [0, 0.05) is 37.2 Å². The Morgan fingerprint density at radius 3 is 2.95 bits per heavy atom. The fraction of sp³-hybridized carbons (Fsp3) is 0.750. The van der Waals surface area contributed by atoms with Gasteiger partial charge in [-0.2, -0.15) is 0 Å². The molecule has 2 fully saturated rings. The molecule has 21 heavy (non-hydrogen) atoms. The summed E-state index contributed by atoms with van der Waals surface area (Å²) in [5.74, 6) is 1.07. The fourth-order valence-electron chi connectivity index (χ4n) is 3.50. The van der Waals surface area contributed by atoms with Crippen LogP contribution in [0.3, 0.4) is 0 Å². The van der Waals surface area contributed by atoms with Crippen LogP contribution in [0, 0.1) is 0 Å². The highest BCUT2D eigenvalue weighted by Gasteiger charge is 2.38. The second kappa shape index (κ2) is 5.79. The number of hydrogen-bond donors (Lipinski definition) is 0. The van der Waals surface area contributed by atoms with Crippen molar-refractivity contribution in [3.63, 3.8) is 0 Å². The molecule has 3 heterocycles. The fourth-order valence-corrected chi connectivity index (χ4v) is 3.50. The number of carbonyl (C=O) groups excluding carboxylic acids is 1. The number of hydrogen-bond acceptors (Lipinski definition) is 4. The van der Waals surface area contributed by atoms with E-state index in [2.05, 4.69) is 17.0 Å². The van der Waals surface area contributed by atoms with Gasteiger partial charge in [0.05, 0.1) is 0 Å². The Morgan fingerprint density at radius 1 is 1.48 bits per heavy atom. The number of carbonyl (C=O) groups is 1. The molecule has 1 aromatic heterocycles. The molecule has 2 aliphatic rings. The van der Waals surface area contributed by atoms with Crippen LogP contribution >= 0.6 is 0 Å². The number of piperazine rings is 1. The lowest BCUT2D eigenvalue weighted by molar-refractivity contribution is 0.0337. The summed E-state index contributed by atoms with van der Waals surface area (Å²) in [6, 6.07) is 2.64. The summed E-state index contributed by atoms with van der Waals surface area (Å²) in [5.41, 5.74) is 0.462. The third-order valence-corrected chi connectivity index (χ3v) is 4.84. The van der Waals surface area contributed by atoms with Crippen molar-refractivity contribution in [2.45, 2.75) is 58.0 Å². The van der Waals surface area contributed by atoms with Crippen molar-refractivity contribution in [3.8, 4) is 0 Å². The summed E-state index contributed by atoms with van der Waals surface area (Å²) in [6.45, 7) is 9.26. The van der Waals surface area contributed by atoms with Crippen molar-refractivity contribution < 1.29 is 9.32 Å². The highest BCUT2D eigenvalue weighted by Crippen LogP contribution is 2.27. The first kappa shape index (κ1) is 14.6. The van der Waals surface area contributed by atoms with Gasteiger partial charge in [-0.15, -0.1) is 0 Å². The van der Waals surface area contributed by atoms with Crippen molar-refractivity contribution in [2.75, 3.05) is 19.6 Å². The monoisotopic (exact) mass is 291 g/mol. The second-order valence-corrected chi connectivity index (χ2v) is 6.58. The molecule has 0 aromatic carbocycles. The average Bonchev–Trinajstić information content (AvgIpc) is 3.13. The summed E-state index contributed by atoms with van der Waals surface area (Å²) in [4.78, 5) is 17.3. The van der Waals surface area contributed by atoms with Gasteiger partial charge < -0.3 is 9.42 Å². The average molecular weight is 291 g/mol. The highest BCUT2D eigenvalue weighted by molar-refractivity contribution is 5.92. The van der Waals surface area contributed by atoms with E-state index in [-0.39, 0.29) is 11.8 Å². The van der Waals surface area contributed by atoms with E-state index >= 15 is 0 Å². The molecule has 0 bridgehead atoms. The maximum absolute atomic E-state index is 12.8. The first-order valence-corrected chi connectivity index (χ1v) is 8.11. The van der Waals surface area contributed by atoms with E-state index in [1.54, 1.807) is 6.07 Å². The molecule has 0 saturated carbocycles. The molecular formula is C16H25N3O2. The van der Waals surface area contributed by atoms with Crippen LogP contribution in [0.25, 0.3) is 0 Å². The van der Waals surface area contributed by atoms with E-state index in [1.165, 1.54) is 19.4 Å². The lowest BCUT2D eigenvalue weighted by Crippen LogP contribution is -2.57. The molecule has 0 unspecified atom stereocenters. The lowest BCUT2D eigenvalue weighted by atomic mass is 10.0. The van der Waals surface area contributed by atoms with Crippen molar-refractivity contribution in [1.82, 2.24) is 15.0 Å². The zero-order valence-electron chi connectivity index (χ0n) is 13.2. The van der Waals surface area contributed by atoms with Crippen molar-refractivity contribution in [3.05, 3.63) is 17.5 Å². The van der Waals surface area contributed by atoms with Crippen LogP contribution in [0.2, 0.25) is 0 Å². The summed E-state index contributed by atoms with van der Waals surface area (Å²) >= 11 is 0. The zero-order valence-corrected chi connectivity index (χ0v) is 13.2. The smallest absolute Gasteiger partial charge is 0.276 e. The van der Waals surface area contributed by atoms with Gasteiger partial charge in [0.15, 0.2) is 5.69 Å². The Morgan fingerprint density at radius 2 is 2.29 bits per heavy atom. The Balaban J connectivity index is 1.78. The number of fused-ring (bicyclic) bond motifs is 1. The van der Waals surface area contributed by atoms with Crippen LogP contribution in [0.15, 0.2) is 10.6 Å². The van der Waals surface area contributed by atoms with Gasteiger partial charge in [-0.25, -0.2) is 0 Å². The first-order valence-electron chi connectivity index (χ1n) is 8.11. The minimum Gasteiger partial charge on any atom is -0.360 e. The molecule has 3 rings (SSSR count).